The summed E-state index contributed by atoms with van der Waals surface area (Å²) in [4.78, 5) is 33.1. The molecule has 0 unspecified atom stereocenters. The summed E-state index contributed by atoms with van der Waals surface area (Å²) < 4.78 is 0. The predicted molar refractivity (Wildman–Crippen MR) is 120 cm³/mol. The van der Waals surface area contributed by atoms with Gasteiger partial charge in [-0.3, -0.25) is 9.59 Å². The summed E-state index contributed by atoms with van der Waals surface area (Å²) in [7, 11) is 0. The highest BCUT2D eigenvalue weighted by atomic mass is 35.5. The molecule has 2 amide bonds. The van der Waals surface area contributed by atoms with Gasteiger partial charge in [0.05, 0.1) is 17.1 Å². The van der Waals surface area contributed by atoms with Crippen molar-refractivity contribution in [2.45, 2.75) is 18.2 Å². The summed E-state index contributed by atoms with van der Waals surface area (Å²) in [5.41, 5.74) is 2.66. The first-order chi connectivity index (χ1) is 14.0. The first-order valence-electron chi connectivity index (χ1n) is 9.06. The second-order valence-corrected chi connectivity index (χ2v) is 9.19. The molecule has 4 rings (SSSR count). The van der Waals surface area contributed by atoms with Crippen LogP contribution in [0.15, 0.2) is 53.4 Å². The van der Waals surface area contributed by atoms with Crippen molar-refractivity contribution < 1.29 is 9.59 Å². The molecule has 5 nitrogen and oxygen atoms in total. The Morgan fingerprint density at radius 3 is 2.76 bits per heavy atom. The molecule has 148 valence electrons. The van der Waals surface area contributed by atoms with E-state index >= 15 is 0 Å². The number of thioether (sulfide) groups is 1. The number of rotatable bonds is 5. The van der Waals surface area contributed by atoms with Gasteiger partial charge in [-0.05, 0) is 31.2 Å². The molecule has 1 N–H and O–H groups in total. The number of aromatic nitrogens is 1. The standard InChI is InChI=1S/C21H18ClN3O2S2/c1-13-20(14-6-8-15(22)9-7-14)24-21(29-13)23-18(26)10-11-25-16-4-2-3-5-17(16)28-12-19(25)27/h2-9H,10-12H2,1H3,(H,23,24,26). The fourth-order valence-corrected chi connectivity index (χ4v) is 5.03. The Hall–Kier alpha value is -2.35. The minimum Gasteiger partial charge on any atom is -0.310 e. The fourth-order valence-electron chi connectivity index (χ4n) is 3.12. The van der Waals surface area contributed by atoms with Crippen molar-refractivity contribution in [2.24, 2.45) is 0 Å². The number of hydrogen-bond donors (Lipinski definition) is 1. The third-order valence-electron chi connectivity index (χ3n) is 4.53. The zero-order chi connectivity index (χ0) is 20.4. The summed E-state index contributed by atoms with van der Waals surface area (Å²) in [6, 6.07) is 15.2. The van der Waals surface area contributed by atoms with E-state index in [1.54, 1.807) is 4.90 Å². The van der Waals surface area contributed by atoms with Crippen molar-refractivity contribution in [3.8, 4) is 11.3 Å². The summed E-state index contributed by atoms with van der Waals surface area (Å²) in [5.74, 6) is 0.260. The normalized spacial score (nSPS) is 13.3. The van der Waals surface area contributed by atoms with E-state index in [9.17, 15) is 9.59 Å². The van der Waals surface area contributed by atoms with E-state index in [4.69, 9.17) is 11.6 Å². The zero-order valence-electron chi connectivity index (χ0n) is 15.6. The van der Waals surface area contributed by atoms with Crippen LogP contribution in [0.25, 0.3) is 11.3 Å². The molecule has 0 radical (unpaired) electrons. The van der Waals surface area contributed by atoms with Gasteiger partial charge < -0.3 is 10.2 Å². The lowest BCUT2D eigenvalue weighted by Crippen LogP contribution is -2.37. The Kier molecular flexibility index (Phi) is 5.89. The number of para-hydroxylation sites is 1. The number of thiazole rings is 1. The Bertz CT molecular complexity index is 1070. The molecule has 2 aromatic carbocycles. The molecule has 8 heteroatoms. The number of nitrogens with one attached hydrogen (secondary N) is 1. The van der Waals surface area contributed by atoms with Crippen LogP contribution in [0, 0.1) is 6.92 Å². The monoisotopic (exact) mass is 443 g/mol. The first kappa shape index (κ1) is 19.9. The highest BCUT2D eigenvalue weighted by Gasteiger charge is 2.24. The van der Waals surface area contributed by atoms with Crippen LogP contribution in [-0.2, 0) is 9.59 Å². The second-order valence-electron chi connectivity index (χ2n) is 6.53. The molecule has 0 fully saturated rings. The van der Waals surface area contributed by atoms with Crippen molar-refractivity contribution in [1.29, 1.82) is 0 Å². The molecule has 0 saturated heterocycles. The maximum atomic E-state index is 12.5. The number of fused-ring (bicyclic) bond motifs is 1. The lowest BCUT2D eigenvalue weighted by atomic mass is 10.1. The molecular formula is C21H18ClN3O2S2. The Balaban J connectivity index is 1.41. The molecular weight excluding hydrogens is 426 g/mol. The minimum absolute atomic E-state index is 0.0246. The molecule has 1 aliphatic heterocycles. The van der Waals surface area contributed by atoms with Crippen molar-refractivity contribution in [2.75, 3.05) is 22.5 Å². The molecule has 0 spiro atoms. The molecule has 29 heavy (non-hydrogen) atoms. The number of amides is 2. The summed E-state index contributed by atoms with van der Waals surface area (Å²) >= 11 is 8.91. The molecule has 0 bridgehead atoms. The Labute approximate surface area is 182 Å². The van der Waals surface area contributed by atoms with Gasteiger partial charge in [0.15, 0.2) is 5.13 Å². The third-order valence-corrected chi connectivity index (χ3v) is 6.72. The molecule has 1 aromatic heterocycles. The van der Waals surface area contributed by atoms with E-state index in [0.717, 1.165) is 26.7 Å². The summed E-state index contributed by atoms with van der Waals surface area (Å²) in [6.45, 7) is 2.31. The van der Waals surface area contributed by atoms with Gasteiger partial charge in [-0.15, -0.1) is 23.1 Å². The number of nitrogens with zero attached hydrogens (tertiary/aromatic N) is 2. The maximum absolute atomic E-state index is 12.5. The van der Waals surface area contributed by atoms with Crippen LogP contribution in [-0.4, -0.2) is 29.1 Å². The first-order valence-corrected chi connectivity index (χ1v) is 11.2. The SMILES string of the molecule is Cc1sc(NC(=O)CCN2C(=O)CSc3ccccc32)nc1-c1ccc(Cl)cc1. The zero-order valence-corrected chi connectivity index (χ0v) is 18.0. The summed E-state index contributed by atoms with van der Waals surface area (Å²) in [6.07, 6.45) is 0.208. The van der Waals surface area contributed by atoms with Gasteiger partial charge in [0.1, 0.15) is 0 Å². The number of halogens is 1. The number of hydrogen-bond acceptors (Lipinski definition) is 5. The molecule has 1 aliphatic rings. The maximum Gasteiger partial charge on any atom is 0.237 e. The van der Waals surface area contributed by atoms with Crippen molar-refractivity contribution in [1.82, 2.24) is 4.98 Å². The highest BCUT2D eigenvalue weighted by Crippen LogP contribution is 2.35. The van der Waals surface area contributed by atoms with Crippen LogP contribution in [0.3, 0.4) is 0 Å². The van der Waals surface area contributed by atoms with Crippen molar-refractivity contribution >= 4 is 57.3 Å². The van der Waals surface area contributed by atoms with Gasteiger partial charge in [-0.25, -0.2) is 4.98 Å². The average Bonchev–Trinajstić information content (AvgIpc) is 3.07. The van der Waals surface area contributed by atoms with E-state index in [-0.39, 0.29) is 18.2 Å². The average molecular weight is 444 g/mol. The predicted octanol–water partition coefficient (Wildman–Crippen LogP) is 5.24. The number of anilines is 2. The Morgan fingerprint density at radius 2 is 1.97 bits per heavy atom. The fraction of sp³-hybridized carbons (Fsp3) is 0.190. The molecule has 0 aliphatic carbocycles. The van der Waals surface area contributed by atoms with Crippen LogP contribution in [0.1, 0.15) is 11.3 Å². The molecule has 0 atom stereocenters. The number of benzene rings is 2. The minimum atomic E-state index is -0.162. The van der Waals surface area contributed by atoms with Crippen LogP contribution < -0.4 is 10.2 Å². The van der Waals surface area contributed by atoms with Gasteiger partial charge in [-0.2, -0.15) is 0 Å². The summed E-state index contributed by atoms with van der Waals surface area (Å²) in [5, 5.41) is 4.08. The number of carbonyl (C=O) groups excluding carboxylic acids is 2. The van der Waals surface area contributed by atoms with E-state index in [2.05, 4.69) is 10.3 Å². The molecule has 0 saturated carbocycles. The topological polar surface area (TPSA) is 62.3 Å². The van der Waals surface area contributed by atoms with E-state index in [1.165, 1.54) is 23.1 Å². The largest absolute Gasteiger partial charge is 0.310 e. The van der Waals surface area contributed by atoms with Crippen molar-refractivity contribution in [3.63, 3.8) is 0 Å². The van der Waals surface area contributed by atoms with Crippen LogP contribution in [0.5, 0.6) is 0 Å². The van der Waals surface area contributed by atoms with Crippen LogP contribution in [0.4, 0.5) is 10.8 Å². The van der Waals surface area contributed by atoms with Gasteiger partial charge >= 0.3 is 0 Å². The van der Waals surface area contributed by atoms with Crippen molar-refractivity contribution in [3.05, 3.63) is 58.4 Å². The molecule has 3 aromatic rings. The van der Waals surface area contributed by atoms with E-state index < -0.39 is 0 Å². The quantitative estimate of drug-likeness (QED) is 0.585. The lowest BCUT2D eigenvalue weighted by Gasteiger charge is -2.28. The third kappa shape index (κ3) is 4.47. The second kappa shape index (κ2) is 8.57. The highest BCUT2D eigenvalue weighted by molar-refractivity contribution is 8.00. The van der Waals surface area contributed by atoms with Gasteiger partial charge in [0.2, 0.25) is 11.8 Å². The molecule has 2 heterocycles. The smallest absolute Gasteiger partial charge is 0.237 e. The van der Waals surface area contributed by atoms with E-state index in [0.29, 0.717) is 22.5 Å². The Morgan fingerprint density at radius 1 is 1.21 bits per heavy atom. The van der Waals surface area contributed by atoms with Gasteiger partial charge in [0, 0.05) is 33.3 Å². The lowest BCUT2D eigenvalue weighted by molar-refractivity contribution is -0.117. The number of carbonyl (C=O) groups is 2. The van der Waals surface area contributed by atoms with Crippen LogP contribution >= 0.6 is 34.7 Å². The van der Waals surface area contributed by atoms with Gasteiger partial charge in [0.25, 0.3) is 0 Å². The van der Waals surface area contributed by atoms with Crippen LogP contribution in [0.2, 0.25) is 5.02 Å². The van der Waals surface area contributed by atoms with E-state index in [1.807, 2.05) is 55.5 Å². The van der Waals surface area contributed by atoms with Gasteiger partial charge in [-0.1, -0.05) is 35.9 Å². The number of aryl methyl sites for hydroxylation is 1.